The quantitative estimate of drug-likeness (QED) is 0.350. The Bertz CT molecular complexity index is 118. The minimum Gasteiger partial charge on any atom is -0.371 e. The molecule has 0 radical (unpaired) electrons. The molecule has 0 aromatic rings. The van der Waals surface area contributed by atoms with Crippen molar-refractivity contribution in [1.29, 1.82) is 0 Å². The summed E-state index contributed by atoms with van der Waals surface area (Å²) in [6.45, 7) is 3.40. The molecule has 0 aromatic heterocycles. The molecule has 0 bridgehead atoms. The first-order valence-electron chi connectivity index (χ1n) is 2.17. The molecule has 0 saturated carbocycles. The fourth-order valence-corrected chi connectivity index (χ4v) is 0.384. The Balaban J connectivity index is 3.46. The smallest absolute Gasteiger partial charge is 0.158 e. The lowest BCUT2D eigenvalue weighted by Gasteiger charge is -1.93. The number of nitrogens with zero attached hydrogens (tertiary/aromatic N) is 1. The molecule has 0 aliphatic rings. The zero-order valence-corrected chi connectivity index (χ0v) is 5.19. The third-order valence-electron chi connectivity index (χ3n) is 0.579. The number of aliphatic imine (C=N–C) groups is 1. The van der Waals surface area contributed by atoms with Gasteiger partial charge in [-0.05, 0) is 12.2 Å². The lowest BCUT2D eigenvalue weighted by Crippen LogP contribution is -1.97. The highest BCUT2D eigenvalue weighted by atomic mass is 32.1. The van der Waals surface area contributed by atoms with Gasteiger partial charge in [0, 0.05) is 6.42 Å². The molecule has 3 heteroatoms. The van der Waals surface area contributed by atoms with Gasteiger partial charge in [0.15, 0.2) is 6.23 Å². The van der Waals surface area contributed by atoms with Gasteiger partial charge < -0.3 is 5.11 Å². The molecule has 1 unspecified atom stereocenters. The normalized spacial score (nSPS) is 11.6. The van der Waals surface area contributed by atoms with Crippen LogP contribution in [0.3, 0.4) is 0 Å². The predicted octanol–water partition coefficient (Wildman–Crippen LogP) is 0.984. The zero-order chi connectivity index (χ0) is 6.41. The van der Waals surface area contributed by atoms with E-state index in [1.165, 1.54) is 0 Å². The van der Waals surface area contributed by atoms with E-state index in [0.717, 1.165) is 0 Å². The summed E-state index contributed by atoms with van der Waals surface area (Å²) in [5, 5.41) is 10.7. The summed E-state index contributed by atoms with van der Waals surface area (Å²) in [5.41, 5.74) is 0. The second-order valence-electron chi connectivity index (χ2n) is 1.23. The van der Waals surface area contributed by atoms with Crippen LogP contribution in [0.4, 0.5) is 0 Å². The highest BCUT2D eigenvalue weighted by molar-refractivity contribution is 7.78. The summed E-state index contributed by atoms with van der Waals surface area (Å²) in [5.74, 6) is 0. The molecular formula is C5H7NOS. The van der Waals surface area contributed by atoms with Gasteiger partial charge in [-0.25, -0.2) is 4.99 Å². The van der Waals surface area contributed by atoms with Gasteiger partial charge in [0.1, 0.15) is 0 Å². The van der Waals surface area contributed by atoms with Gasteiger partial charge in [-0.3, -0.25) is 0 Å². The molecule has 1 N–H and O–H groups in total. The number of aliphatic hydroxyl groups excluding tert-OH is 1. The van der Waals surface area contributed by atoms with Gasteiger partial charge >= 0.3 is 0 Å². The number of isothiocyanates is 1. The van der Waals surface area contributed by atoms with Gasteiger partial charge in [0.2, 0.25) is 0 Å². The van der Waals surface area contributed by atoms with Gasteiger partial charge in [0.25, 0.3) is 0 Å². The molecular weight excluding hydrogens is 122 g/mol. The zero-order valence-electron chi connectivity index (χ0n) is 4.37. The Morgan fingerprint density at radius 2 is 2.62 bits per heavy atom. The molecule has 0 saturated heterocycles. The van der Waals surface area contributed by atoms with Crippen LogP contribution in [-0.2, 0) is 0 Å². The molecule has 44 valence electrons. The van der Waals surface area contributed by atoms with Gasteiger partial charge in [-0.15, -0.1) is 6.58 Å². The lowest BCUT2D eigenvalue weighted by molar-refractivity contribution is 0.189. The van der Waals surface area contributed by atoms with Crippen molar-refractivity contribution in [1.82, 2.24) is 0 Å². The monoisotopic (exact) mass is 129 g/mol. The van der Waals surface area contributed by atoms with Crippen LogP contribution in [0.15, 0.2) is 17.6 Å². The molecule has 0 rings (SSSR count). The van der Waals surface area contributed by atoms with Crippen molar-refractivity contribution in [3.8, 4) is 0 Å². The fourth-order valence-electron chi connectivity index (χ4n) is 0.263. The maximum atomic E-state index is 8.68. The molecule has 0 aliphatic heterocycles. The standard InChI is InChI=1S/C5H7NOS/c1-2-3-5(7)6-4-8/h2,5,7H,1,3H2. The van der Waals surface area contributed by atoms with Crippen molar-refractivity contribution in [2.75, 3.05) is 0 Å². The summed E-state index contributed by atoms with van der Waals surface area (Å²) >= 11 is 4.23. The number of thiocarbonyl (C=S) groups is 1. The first-order valence-corrected chi connectivity index (χ1v) is 2.58. The molecule has 0 fully saturated rings. The maximum Gasteiger partial charge on any atom is 0.158 e. The van der Waals surface area contributed by atoms with Crippen molar-refractivity contribution >= 4 is 17.4 Å². The Kier molecular flexibility index (Phi) is 4.36. The van der Waals surface area contributed by atoms with E-state index in [1.54, 1.807) is 6.08 Å². The van der Waals surface area contributed by atoms with Crippen molar-refractivity contribution in [2.45, 2.75) is 12.6 Å². The van der Waals surface area contributed by atoms with Crippen LogP contribution in [0.2, 0.25) is 0 Å². The summed E-state index contributed by atoms with van der Waals surface area (Å²) in [7, 11) is 0. The van der Waals surface area contributed by atoms with Gasteiger partial charge in [-0.1, -0.05) is 6.08 Å². The van der Waals surface area contributed by atoms with Crippen molar-refractivity contribution in [3.63, 3.8) is 0 Å². The van der Waals surface area contributed by atoms with Crippen LogP contribution in [0.25, 0.3) is 0 Å². The summed E-state index contributed by atoms with van der Waals surface area (Å²) in [6, 6.07) is 0. The average Bonchev–Trinajstić information content (AvgIpc) is 1.68. The van der Waals surface area contributed by atoms with Crippen LogP contribution < -0.4 is 0 Å². The molecule has 0 aromatic carbocycles. The van der Waals surface area contributed by atoms with Crippen LogP contribution in [0, 0.1) is 0 Å². The van der Waals surface area contributed by atoms with E-state index in [9.17, 15) is 0 Å². The summed E-state index contributed by atoms with van der Waals surface area (Å²) < 4.78 is 0. The third kappa shape index (κ3) is 3.68. The van der Waals surface area contributed by atoms with E-state index < -0.39 is 6.23 Å². The van der Waals surface area contributed by atoms with E-state index in [1.807, 2.05) is 0 Å². The Labute approximate surface area is 53.6 Å². The molecule has 0 spiro atoms. The molecule has 1 atom stereocenters. The number of hydrogen-bond donors (Lipinski definition) is 1. The van der Waals surface area contributed by atoms with Gasteiger partial charge in [-0.2, -0.15) is 0 Å². The SMILES string of the molecule is C=CCC(O)N=C=S. The van der Waals surface area contributed by atoms with Crippen molar-refractivity contribution in [2.24, 2.45) is 4.99 Å². The molecule has 0 heterocycles. The number of rotatable bonds is 3. The van der Waals surface area contributed by atoms with Crippen LogP contribution >= 0.6 is 12.2 Å². The fraction of sp³-hybridized carbons (Fsp3) is 0.400. The third-order valence-corrected chi connectivity index (χ3v) is 0.685. The number of aliphatic hydroxyl groups is 1. The average molecular weight is 129 g/mol. The summed E-state index contributed by atoms with van der Waals surface area (Å²) in [6.07, 6.45) is 1.26. The lowest BCUT2D eigenvalue weighted by atomic mass is 10.4. The molecule has 8 heavy (non-hydrogen) atoms. The minimum absolute atomic E-state index is 0.434. The second-order valence-corrected chi connectivity index (χ2v) is 1.41. The predicted molar refractivity (Wildman–Crippen MR) is 35.8 cm³/mol. The maximum absolute atomic E-state index is 8.68. The Morgan fingerprint density at radius 3 is 3.00 bits per heavy atom. The van der Waals surface area contributed by atoms with E-state index in [2.05, 4.69) is 29.0 Å². The van der Waals surface area contributed by atoms with E-state index in [-0.39, 0.29) is 0 Å². The van der Waals surface area contributed by atoms with Crippen molar-refractivity contribution < 1.29 is 5.11 Å². The largest absolute Gasteiger partial charge is 0.371 e. The summed E-state index contributed by atoms with van der Waals surface area (Å²) in [4.78, 5) is 3.36. The van der Waals surface area contributed by atoms with Crippen LogP contribution in [-0.4, -0.2) is 16.5 Å². The topological polar surface area (TPSA) is 32.6 Å². The highest BCUT2D eigenvalue weighted by Crippen LogP contribution is 1.90. The van der Waals surface area contributed by atoms with Crippen LogP contribution in [0.1, 0.15) is 6.42 Å². The van der Waals surface area contributed by atoms with E-state index in [0.29, 0.717) is 6.42 Å². The Hall–Kier alpha value is -0.500. The molecule has 0 amide bonds. The van der Waals surface area contributed by atoms with Gasteiger partial charge in [0.05, 0.1) is 5.16 Å². The molecule has 0 aliphatic carbocycles. The first kappa shape index (κ1) is 7.50. The second kappa shape index (κ2) is 4.65. The van der Waals surface area contributed by atoms with Crippen LogP contribution in [0.5, 0.6) is 0 Å². The number of hydrogen-bond acceptors (Lipinski definition) is 3. The first-order chi connectivity index (χ1) is 3.81. The van der Waals surface area contributed by atoms with E-state index in [4.69, 9.17) is 5.11 Å². The Morgan fingerprint density at radius 1 is 2.00 bits per heavy atom. The molecule has 2 nitrogen and oxygen atoms in total. The minimum atomic E-state index is -0.745. The van der Waals surface area contributed by atoms with E-state index >= 15 is 0 Å². The van der Waals surface area contributed by atoms with Crippen molar-refractivity contribution in [3.05, 3.63) is 12.7 Å². The highest BCUT2D eigenvalue weighted by Gasteiger charge is 1.91.